The number of nitrogens with zero attached hydrogens (tertiary/aromatic N) is 2. The first-order chi connectivity index (χ1) is 5.95. The van der Waals surface area contributed by atoms with E-state index in [1.54, 1.807) is 7.05 Å². The number of aryl methyl sites for hydroxylation is 1. The van der Waals surface area contributed by atoms with E-state index in [1.807, 2.05) is 13.8 Å². The summed E-state index contributed by atoms with van der Waals surface area (Å²) in [7, 11) is 1.63. The molecule has 0 aliphatic heterocycles. The average molecular weight is 203 g/mol. The van der Waals surface area contributed by atoms with Gasteiger partial charge in [-0.1, -0.05) is 25.4 Å². The van der Waals surface area contributed by atoms with E-state index < -0.39 is 5.97 Å². The normalized spacial score (nSPS) is 10.8. The van der Waals surface area contributed by atoms with Crippen molar-refractivity contribution in [3.05, 3.63) is 16.4 Å². The fourth-order valence-corrected chi connectivity index (χ4v) is 1.34. The van der Waals surface area contributed by atoms with Crippen LogP contribution in [0.4, 0.5) is 0 Å². The predicted octanol–water partition coefficient (Wildman–Crippen LogP) is 1.90. The molecule has 0 aliphatic rings. The van der Waals surface area contributed by atoms with Crippen LogP contribution in [0.25, 0.3) is 0 Å². The zero-order valence-corrected chi connectivity index (χ0v) is 8.46. The van der Waals surface area contributed by atoms with Crippen molar-refractivity contribution in [2.24, 2.45) is 7.05 Å². The van der Waals surface area contributed by atoms with Crippen LogP contribution in [0.1, 0.15) is 35.8 Å². The summed E-state index contributed by atoms with van der Waals surface area (Å²) in [6.45, 7) is 3.76. The van der Waals surface area contributed by atoms with Gasteiger partial charge in [0.05, 0.1) is 5.69 Å². The number of halogens is 1. The van der Waals surface area contributed by atoms with Crippen molar-refractivity contribution in [2.75, 3.05) is 0 Å². The van der Waals surface area contributed by atoms with Gasteiger partial charge in [0.15, 0.2) is 0 Å². The third-order valence-electron chi connectivity index (χ3n) is 1.77. The van der Waals surface area contributed by atoms with E-state index in [9.17, 15) is 4.79 Å². The monoisotopic (exact) mass is 202 g/mol. The van der Waals surface area contributed by atoms with Crippen molar-refractivity contribution in [1.82, 2.24) is 9.78 Å². The molecule has 0 saturated heterocycles. The molecule has 0 saturated carbocycles. The molecule has 1 rings (SSSR count). The van der Waals surface area contributed by atoms with Crippen LogP contribution in [0.15, 0.2) is 0 Å². The van der Waals surface area contributed by atoms with Crippen LogP contribution < -0.4 is 0 Å². The molecule has 5 heteroatoms. The minimum Gasteiger partial charge on any atom is -0.478 e. The number of carbonyl (C=O) groups is 1. The first kappa shape index (κ1) is 10.1. The van der Waals surface area contributed by atoms with E-state index in [0.29, 0.717) is 5.69 Å². The second kappa shape index (κ2) is 3.38. The van der Waals surface area contributed by atoms with Gasteiger partial charge in [0.25, 0.3) is 0 Å². The summed E-state index contributed by atoms with van der Waals surface area (Å²) in [5, 5.41) is 13.1. The third kappa shape index (κ3) is 1.67. The fraction of sp³-hybridized carbons (Fsp3) is 0.500. The van der Waals surface area contributed by atoms with Crippen molar-refractivity contribution in [3.8, 4) is 0 Å². The minimum absolute atomic E-state index is 0.0600. The van der Waals surface area contributed by atoms with E-state index in [2.05, 4.69) is 5.10 Å². The van der Waals surface area contributed by atoms with Gasteiger partial charge in [-0.25, -0.2) is 4.79 Å². The zero-order chi connectivity index (χ0) is 10.2. The molecule has 1 aromatic rings. The number of aromatic carboxylic acids is 1. The molecule has 0 aromatic carbocycles. The Balaban J connectivity index is 3.35. The molecule has 72 valence electrons. The smallest absolute Gasteiger partial charge is 0.340 e. The summed E-state index contributed by atoms with van der Waals surface area (Å²) < 4.78 is 1.38. The van der Waals surface area contributed by atoms with Gasteiger partial charge < -0.3 is 5.11 Å². The number of rotatable bonds is 2. The Labute approximate surface area is 81.1 Å². The molecule has 0 unspecified atom stereocenters. The van der Waals surface area contributed by atoms with E-state index in [-0.39, 0.29) is 16.6 Å². The van der Waals surface area contributed by atoms with Gasteiger partial charge in [-0.2, -0.15) is 5.10 Å². The predicted molar refractivity (Wildman–Crippen MR) is 49.3 cm³/mol. The summed E-state index contributed by atoms with van der Waals surface area (Å²) in [5.41, 5.74) is 0.638. The number of aromatic nitrogens is 2. The van der Waals surface area contributed by atoms with E-state index in [0.717, 1.165) is 0 Å². The average Bonchev–Trinajstić information content (AvgIpc) is 2.28. The highest BCUT2D eigenvalue weighted by Gasteiger charge is 2.22. The Kier molecular flexibility index (Phi) is 2.61. The lowest BCUT2D eigenvalue weighted by Gasteiger charge is -2.00. The van der Waals surface area contributed by atoms with Gasteiger partial charge in [0, 0.05) is 7.05 Å². The van der Waals surface area contributed by atoms with Crippen LogP contribution >= 0.6 is 11.6 Å². The van der Waals surface area contributed by atoms with Gasteiger partial charge in [-0.05, 0) is 5.92 Å². The summed E-state index contributed by atoms with van der Waals surface area (Å²) in [4.78, 5) is 10.8. The van der Waals surface area contributed by atoms with Crippen molar-refractivity contribution in [2.45, 2.75) is 19.8 Å². The molecule has 0 radical (unpaired) electrons. The summed E-state index contributed by atoms with van der Waals surface area (Å²) >= 11 is 5.77. The van der Waals surface area contributed by atoms with Gasteiger partial charge >= 0.3 is 5.97 Å². The standard InChI is InChI=1S/C8H11ClN2O2/c1-4(2)6-5(8(12)13)7(9)11(3)10-6/h4H,1-3H3,(H,12,13). The fourth-order valence-electron chi connectivity index (χ4n) is 1.12. The molecule has 0 aliphatic carbocycles. The summed E-state index contributed by atoms with van der Waals surface area (Å²) in [5.74, 6) is -0.966. The largest absolute Gasteiger partial charge is 0.478 e. The number of hydrogen-bond acceptors (Lipinski definition) is 2. The van der Waals surface area contributed by atoms with Gasteiger partial charge in [-0.3, -0.25) is 4.68 Å². The molecule has 4 nitrogen and oxygen atoms in total. The lowest BCUT2D eigenvalue weighted by Crippen LogP contribution is -2.01. The van der Waals surface area contributed by atoms with Gasteiger partial charge in [0.1, 0.15) is 10.7 Å². The molecule has 1 N–H and O–H groups in total. The third-order valence-corrected chi connectivity index (χ3v) is 2.20. The lowest BCUT2D eigenvalue weighted by molar-refractivity contribution is 0.0695. The van der Waals surface area contributed by atoms with Crippen molar-refractivity contribution in [3.63, 3.8) is 0 Å². The van der Waals surface area contributed by atoms with Crippen LogP contribution in [0.5, 0.6) is 0 Å². The summed E-state index contributed by atoms with van der Waals surface area (Å²) in [6.07, 6.45) is 0. The number of hydrogen-bond donors (Lipinski definition) is 1. The molecule has 0 fully saturated rings. The van der Waals surface area contributed by atoms with Crippen molar-refractivity contribution >= 4 is 17.6 Å². The van der Waals surface area contributed by atoms with Crippen LogP contribution in [0.2, 0.25) is 5.15 Å². The van der Waals surface area contributed by atoms with Crippen molar-refractivity contribution < 1.29 is 9.90 Å². The Morgan fingerprint density at radius 2 is 2.15 bits per heavy atom. The quantitative estimate of drug-likeness (QED) is 0.797. The van der Waals surface area contributed by atoms with E-state index in [1.165, 1.54) is 4.68 Å². The van der Waals surface area contributed by atoms with Gasteiger partial charge in [0.2, 0.25) is 0 Å². The molecule has 0 atom stereocenters. The second-order valence-electron chi connectivity index (χ2n) is 3.13. The highest BCUT2D eigenvalue weighted by molar-refractivity contribution is 6.32. The Bertz CT molecular complexity index is 344. The molecular weight excluding hydrogens is 192 g/mol. The first-order valence-corrected chi connectivity index (χ1v) is 4.28. The van der Waals surface area contributed by atoms with Gasteiger partial charge in [-0.15, -0.1) is 0 Å². The topological polar surface area (TPSA) is 55.1 Å². The molecule has 1 heterocycles. The molecular formula is C8H11ClN2O2. The maximum atomic E-state index is 10.8. The van der Waals surface area contributed by atoms with Crippen LogP contribution in [0, 0.1) is 0 Å². The SMILES string of the molecule is CC(C)c1nn(C)c(Cl)c1C(=O)O. The second-order valence-corrected chi connectivity index (χ2v) is 3.49. The Morgan fingerprint density at radius 1 is 1.62 bits per heavy atom. The molecule has 13 heavy (non-hydrogen) atoms. The molecule has 1 aromatic heterocycles. The number of carboxylic acids is 1. The first-order valence-electron chi connectivity index (χ1n) is 3.90. The lowest BCUT2D eigenvalue weighted by atomic mass is 10.1. The van der Waals surface area contributed by atoms with Crippen molar-refractivity contribution in [1.29, 1.82) is 0 Å². The highest BCUT2D eigenvalue weighted by atomic mass is 35.5. The minimum atomic E-state index is -1.03. The maximum Gasteiger partial charge on any atom is 0.340 e. The highest BCUT2D eigenvalue weighted by Crippen LogP contribution is 2.24. The maximum absolute atomic E-state index is 10.8. The Morgan fingerprint density at radius 3 is 2.46 bits per heavy atom. The summed E-state index contributed by atoms with van der Waals surface area (Å²) in [6, 6.07) is 0. The Hall–Kier alpha value is -1.03. The van der Waals surface area contributed by atoms with E-state index >= 15 is 0 Å². The molecule has 0 spiro atoms. The van der Waals surface area contributed by atoms with Crippen LogP contribution in [0.3, 0.4) is 0 Å². The van der Waals surface area contributed by atoms with Crippen LogP contribution in [-0.2, 0) is 7.05 Å². The zero-order valence-electron chi connectivity index (χ0n) is 7.71. The van der Waals surface area contributed by atoms with Crippen LogP contribution in [-0.4, -0.2) is 20.9 Å². The molecule has 0 amide bonds. The van der Waals surface area contributed by atoms with E-state index in [4.69, 9.17) is 16.7 Å². The number of carboxylic acid groups (broad SMARTS) is 1. The molecule has 0 bridgehead atoms.